The lowest BCUT2D eigenvalue weighted by molar-refractivity contribution is -0.137. The van der Waals surface area contributed by atoms with Gasteiger partial charge < -0.3 is 13.8 Å². The first kappa shape index (κ1) is 20.0. The summed E-state index contributed by atoms with van der Waals surface area (Å²) < 4.78 is 49.2. The van der Waals surface area contributed by atoms with E-state index in [1.165, 1.54) is 23.1 Å². The summed E-state index contributed by atoms with van der Waals surface area (Å²) in [4.78, 5) is 30.5. The second-order valence-corrected chi connectivity index (χ2v) is 7.43. The highest BCUT2D eigenvalue weighted by atomic mass is 19.4. The van der Waals surface area contributed by atoms with Crippen LogP contribution in [0.3, 0.4) is 0 Å². The molecule has 162 valence electrons. The van der Waals surface area contributed by atoms with Crippen molar-refractivity contribution in [2.24, 2.45) is 0 Å². The van der Waals surface area contributed by atoms with Gasteiger partial charge in [-0.1, -0.05) is 35.5 Å². The smallest absolute Gasteiger partial charge is 0.416 e. The van der Waals surface area contributed by atoms with Crippen molar-refractivity contribution in [1.82, 2.24) is 15.0 Å². The van der Waals surface area contributed by atoms with E-state index in [1.807, 2.05) is 0 Å². The monoisotopic (exact) mass is 441 g/mol. The lowest BCUT2D eigenvalue weighted by atomic mass is 9.99. The molecule has 0 N–H and O–H groups in total. The predicted octanol–water partition coefficient (Wildman–Crippen LogP) is 4.10. The van der Waals surface area contributed by atoms with Crippen LogP contribution in [0.5, 0.6) is 0 Å². The van der Waals surface area contributed by atoms with Gasteiger partial charge in [-0.05, 0) is 24.3 Å². The summed E-state index contributed by atoms with van der Waals surface area (Å²) in [5.41, 5.74) is -1.03. The fourth-order valence-electron chi connectivity index (χ4n) is 3.53. The van der Waals surface area contributed by atoms with Crippen molar-refractivity contribution in [1.29, 1.82) is 0 Å². The van der Waals surface area contributed by atoms with Crippen LogP contribution >= 0.6 is 0 Å². The molecule has 1 aliphatic heterocycles. The first-order chi connectivity index (χ1) is 15.3. The van der Waals surface area contributed by atoms with E-state index in [0.717, 1.165) is 12.1 Å². The zero-order chi connectivity index (χ0) is 22.5. The lowest BCUT2D eigenvalue weighted by Gasteiger charge is -2.36. The summed E-state index contributed by atoms with van der Waals surface area (Å²) in [6, 6.07) is 13.0. The molecule has 3 heterocycles. The molecule has 0 aliphatic carbocycles. The molecule has 0 saturated carbocycles. The molecule has 2 aromatic heterocycles. The maximum atomic E-state index is 12.9. The second-order valence-electron chi connectivity index (χ2n) is 7.43. The number of amides is 1. The summed E-state index contributed by atoms with van der Waals surface area (Å²) in [6.45, 7) is 0.463. The van der Waals surface area contributed by atoms with E-state index in [0.29, 0.717) is 11.0 Å². The number of carbonyl (C=O) groups excluding carboxylic acids is 1. The molecule has 0 spiro atoms. The van der Waals surface area contributed by atoms with Crippen molar-refractivity contribution >= 4 is 16.9 Å². The minimum Gasteiger partial charge on any atom is -0.422 e. The molecule has 10 heteroatoms. The highest BCUT2D eigenvalue weighted by Crippen LogP contribution is 2.33. The van der Waals surface area contributed by atoms with E-state index >= 15 is 0 Å². The molecule has 1 aliphatic rings. The minimum absolute atomic E-state index is 0.0334. The predicted molar refractivity (Wildman–Crippen MR) is 106 cm³/mol. The van der Waals surface area contributed by atoms with Gasteiger partial charge in [-0.25, -0.2) is 4.79 Å². The normalized spacial score (nSPS) is 14.5. The number of carbonyl (C=O) groups is 1. The van der Waals surface area contributed by atoms with Gasteiger partial charge in [-0.15, -0.1) is 0 Å². The van der Waals surface area contributed by atoms with Crippen LogP contribution in [0.2, 0.25) is 0 Å². The van der Waals surface area contributed by atoms with E-state index in [2.05, 4.69) is 10.1 Å². The van der Waals surface area contributed by atoms with Crippen molar-refractivity contribution in [2.75, 3.05) is 13.1 Å². The van der Waals surface area contributed by atoms with Gasteiger partial charge in [0.2, 0.25) is 11.7 Å². The molecule has 1 fully saturated rings. The number of benzene rings is 2. The first-order valence-electron chi connectivity index (χ1n) is 9.63. The van der Waals surface area contributed by atoms with Crippen LogP contribution in [0.1, 0.15) is 27.7 Å². The molecule has 32 heavy (non-hydrogen) atoms. The van der Waals surface area contributed by atoms with E-state index < -0.39 is 23.3 Å². The summed E-state index contributed by atoms with van der Waals surface area (Å²) in [7, 11) is 0. The number of halogens is 3. The molecule has 0 atom stereocenters. The molecule has 7 nitrogen and oxygen atoms in total. The molecule has 1 amide bonds. The Bertz CT molecular complexity index is 1390. The standard InChI is InChI=1S/C22H14F3N3O4/c23-22(24,25)15-6-3-5-13(8-15)18-26-19(32-27-18)14-10-28(11-14)20(29)16-9-12-4-1-2-7-17(12)31-21(16)30/h1-9,14H,10-11H2. The number of alkyl halides is 3. The highest BCUT2D eigenvalue weighted by Gasteiger charge is 2.37. The molecular weight excluding hydrogens is 427 g/mol. The summed E-state index contributed by atoms with van der Waals surface area (Å²) in [5, 5.41) is 4.40. The SMILES string of the molecule is O=C(c1cc2ccccc2oc1=O)N1CC(c2nc(-c3cccc(C(F)(F)F)c3)no2)C1. The number of rotatable bonds is 3. The Morgan fingerprint density at radius 3 is 2.62 bits per heavy atom. The Labute approximate surface area is 178 Å². The zero-order valence-electron chi connectivity index (χ0n) is 16.3. The number of likely N-dealkylation sites (tertiary alicyclic amines) is 1. The van der Waals surface area contributed by atoms with Crippen molar-refractivity contribution in [3.05, 3.63) is 82.0 Å². The van der Waals surface area contributed by atoms with Gasteiger partial charge in [0, 0.05) is 24.0 Å². The zero-order valence-corrected chi connectivity index (χ0v) is 16.3. The van der Waals surface area contributed by atoms with Crippen molar-refractivity contribution in [3.63, 3.8) is 0 Å². The van der Waals surface area contributed by atoms with Gasteiger partial charge in [-0.2, -0.15) is 18.2 Å². The van der Waals surface area contributed by atoms with Crippen molar-refractivity contribution in [2.45, 2.75) is 12.1 Å². The third-order valence-electron chi connectivity index (χ3n) is 5.28. The first-order valence-corrected chi connectivity index (χ1v) is 9.63. The van der Waals surface area contributed by atoms with Gasteiger partial charge in [-0.3, -0.25) is 4.79 Å². The Morgan fingerprint density at radius 2 is 1.84 bits per heavy atom. The van der Waals surface area contributed by atoms with Crippen LogP contribution in [0.4, 0.5) is 13.2 Å². The van der Waals surface area contributed by atoms with Crippen LogP contribution < -0.4 is 5.63 Å². The number of hydrogen-bond acceptors (Lipinski definition) is 6. The summed E-state index contributed by atoms with van der Waals surface area (Å²) in [5.74, 6) is -0.505. The molecule has 0 unspecified atom stereocenters. The molecule has 5 rings (SSSR count). The quantitative estimate of drug-likeness (QED) is 0.445. The maximum Gasteiger partial charge on any atom is 0.416 e. The third kappa shape index (κ3) is 3.53. The van der Waals surface area contributed by atoms with Crippen molar-refractivity contribution < 1.29 is 26.9 Å². The third-order valence-corrected chi connectivity index (χ3v) is 5.28. The van der Waals surface area contributed by atoms with E-state index in [4.69, 9.17) is 8.94 Å². The highest BCUT2D eigenvalue weighted by molar-refractivity contribution is 5.97. The molecule has 4 aromatic rings. The van der Waals surface area contributed by atoms with Crippen LogP contribution in [0.15, 0.2) is 68.3 Å². The minimum atomic E-state index is -4.48. The summed E-state index contributed by atoms with van der Waals surface area (Å²) in [6.07, 6.45) is -4.48. The average Bonchev–Trinajstić information content (AvgIpc) is 3.21. The lowest BCUT2D eigenvalue weighted by Crippen LogP contribution is -2.49. The molecule has 2 aromatic carbocycles. The van der Waals surface area contributed by atoms with Crippen LogP contribution in [-0.4, -0.2) is 34.0 Å². The van der Waals surface area contributed by atoms with E-state index in [-0.39, 0.29) is 41.8 Å². The van der Waals surface area contributed by atoms with E-state index in [1.54, 1.807) is 24.3 Å². The van der Waals surface area contributed by atoms with Gasteiger partial charge in [0.25, 0.3) is 5.91 Å². The van der Waals surface area contributed by atoms with Crippen LogP contribution in [0.25, 0.3) is 22.4 Å². The molecular formula is C22H14F3N3O4. The number of aromatic nitrogens is 2. The molecule has 1 saturated heterocycles. The fourth-order valence-corrected chi connectivity index (χ4v) is 3.53. The molecule has 0 bridgehead atoms. The van der Waals surface area contributed by atoms with Crippen molar-refractivity contribution in [3.8, 4) is 11.4 Å². The Kier molecular flexibility index (Phi) is 4.58. The fraction of sp³-hybridized carbons (Fsp3) is 0.182. The molecule has 0 radical (unpaired) electrons. The van der Waals surface area contributed by atoms with Gasteiger partial charge in [0.05, 0.1) is 11.5 Å². The average molecular weight is 441 g/mol. The summed E-state index contributed by atoms with van der Waals surface area (Å²) >= 11 is 0. The Morgan fingerprint density at radius 1 is 1.06 bits per heavy atom. The number of nitrogens with zero attached hydrogens (tertiary/aromatic N) is 3. The Hall–Kier alpha value is -3.95. The second kappa shape index (κ2) is 7.33. The van der Waals surface area contributed by atoms with Crippen LogP contribution in [0, 0.1) is 0 Å². The number of hydrogen-bond donors (Lipinski definition) is 0. The Balaban J connectivity index is 1.31. The van der Waals surface area contributed by atoms with E-state index in [9.17, 15) is 22.8 Å². The maximum absolute atomic E-state index is 12.9. The largest absolute Gasteiger partial charge is 0.422 e. The van der Waals surface area contributed by atoms with Gasteiger partial charge in [0.15, 0.2) is 0 Å². The van der Waals surface area contributed by atoms with Crippen LogP contribution in [-0.2, 0) is 6.18 Å². The number of fused-ring (bicyclic) bond motifs is 1. The topological polar surface area (TPSA) is 89.4 Å². The van der Waals surface area contributed by atoms with Gasteiger partial charge in [0.1, 0.15) is 11.1 Å². The number of para-hydroxylation sites is 1. The van der Waals surface area contributed by atoms with Gasteiger partial charge >= 0.3 is 11.8 Å².